The highest BCUT2D eigenvalue weighted by Gasteiger charge is 2.38. The number of thiazole rings is 1. The highest BCUT2D eigenvalue weighted by molar-refractivity contribution is 7.10. The molecule has 2 aromatic rings. The molecule has 0 N–H and O–H groups in total. The summed E-state index contributed by atoms with van der Waals surface area (Å²) in [6.45, 7) is 6.00. The van der Waals surface area contributed by atoms with Crippen LogP contribution in [0, 0.1) is 35.5 Å². The molecule has 1 aromatic carbocycles. The number of hydrogen-bond acceptors (Lipinski definition) is 6. The molecule has 0 bridgehead atoms. The Hall–Kier alpha value is -2.96. The molecule has 6 heteroatoms. The van der Waals surface area contributed by atoms with Crippen molar-refractivity contribution in [3.8, 4) is 17.9 Å². The Balaban J connectivity index is 2.30. The van der Waals surface area contributed by atoms with Crippen LogP contribution < -0.4 is 4.74 Å². The molecule has 142 valence electrons. The number of rotatable bonds is 5. The first-order valence-corrected chi connectivity index (χ1v) is 10.1. The summed E-state index contributed by atoms with van der Waals surface area (Å²) >= 11 is 1.58. The number of ether oxygens (including phenoxy) is 1. The zero-order chi connectivity index (χ0) is 20.3. The number of nitriles is 2. The van der Waals surface area contributed by atoms with Crippen molar-refractivity contribution in [1.82, 2.24) is 4.98 Å². The molecule has 0 aliphatic carbocycles. The van der Waals surface area contributed by atoms with Crippen LogP contribution in [0.2, 0.25) is 0 Å². The summed E-state index contributed by atoms with van der Waals surface area (Å²) < 4.78 is 5.61. The van der Waals surface area contributed by atoms with Gasteiger partial charge in [-0.2, -0.15) is 10.5 Å². The second kappa shape index (κ2) is 8.37. The third-order valence-corrected chi connectivity index (χ3v) is 5.88. The fourth-order valence-electron chi connectivity index (χ4n) is 3.63. The smallest absolute Gasteiger partial charge is 0.124 e. The summed E-state index contributed by atoms with van der Waals surface area (Å²) in [6, 6.07) is 10.00. The number of aromatic nitrogens is 1. The minimum absolute atomic E-state index is 0.239. The van der Waals surface area contributed by atoms with E-state index in [9.17, 15) is 10.5 Å². The van der Waals surface area contributed by atoms with Crippen molar-refractivity contribution in [2.45, 2.75) is 39.5 Å². The lowest BCUT2D eigenvalue weighted by molar-refractivity contribution is 0.407. The standard InChI is InChI=1S/C22H22N4OS/c1-5-6-18-21(22-25-13(2)12-28-22)20(17(11-24)14(3)26-18)16-8-7-15(10-23)9-19(16)27-4/h7-9,12,17,20H,5-6H2,1-4H3. The fraction of sp³-hybridized carbons (Fsp3) is 0.364. The molecular formula is C22H22N4OS. The highest BCUT2D eigenvalue weighted by Crippen LogP contribution is 2.48. The Morgan fingerprint density at radius 1 is 1.25 bits per heavy atom. The Kier molecular flexibility index (Phi) is 5.92. The van der Waals surface area contributed by atoms with Gasteiger partial charge in [-0.25, -0.2) is 4.98 Å². The normalized spacial score (nSPS) is 19.0. The van der Waals surface area contributed by atoms with E-state index in [1.54, 1.807) is 30.6 Å². The lowest BCUT2D eigenvalue weighted by Gasteiger charge is -2.31. The summed E-state index contributed by atoms with van der Waals surface area (Å²) in [5.41, 5.74) is 5.16. The predicted octanol–water partition coefficient (Wildman–Crippen LogP) is 5.24. The number of aryl methyl sites for hydroxylation is 1. The van der Waals surface area contributed by atoms with Crippen molar-refractivity contribution in [3.05, 3.63) is 51.1 Å². The van der Waals surface area contributed by atoms with Crippen molar-refractivity contribution >= 4 is 22.6 Å². The molecule has 2 unspecified atom stereocenters. The van der Waals surface area contributed by atoms with Gasteiger partial charge in [0.2, 0.25) is 0 Å². The molecule has 0 amide bonds. The van der Waals surface area contributed by atoms with E-state index in [-0.39, 0.29) is 5.92 Å². The van der Waals surface area contributed by atoms with Crippen LogP contribution in [-0.2, 0) is 0 Å². The molecule has 0 fully saturated rings. The molecule has 1 aromatic heterocycles. The number of aliphatic imine (C=N–C) groups is 1. The number of allylic oxidation sites excluding steroid dienone is 2. The van der Waals surface area contributed by atoms with Crippen LogP contribution in [-0.4, -0.2) is 17.8 Å². The molecule has 1 aliphatic rings. The highest BCUT2D eigenvalue weighted by atomic mass is 32.1. The zero-order valence-electron chi connectivity index (χ0n) is 16.5. The lowest BCUT2D eigenvalue weighted by Crippen LogP contribution is -2.25. The zero-order valence-corrected chi connectivity index (χ0v) is 17.3. The molecule has 28 heavy (non-hydrogen) atoms. The number of benzene rings is 1. The molecular weight excluding hydrogens is 368 g/mol. The number of nitrogens with zero attached hydrogens (tertiary/aromatic N) is 4. The average molecular weight is 391 g/mol. The van der Waals surface area contributed by atoms with Gasteiger partial charge < -0.3 is 4.74 Å². The third kappa shape index (κ3) is 3.56. The van der Waals surface area contributed by atoms with Gasteiger partial charge in [-0.3, -0.25) is 4.99 Å². The van der Waals surface area contributed by atoms with Crippen molar-refractivity contribution < 1.29 is 4.74 Å². The van der Waals surface area contributed by atoms with Gasteiger partial charge in [0.1, 0.15) is 10.8 Å². The maximum Gasteiger partial charge on any atom is 0.124 e. The number of hydrogen-bond donors (Lipinski definition) is 0. The Morgan fingerprint density at radius 3 is 2.61 bits per heavy atom. The van der Waals surface area contributed by atoms with E-state index < -0.39 is 5.92 Å². The monoisotopic (exact) mass is 390 g/mol. The van der Waals surface area contributed by atoms with E-state index in [4.69, 9.17) is 14.7 Å². The van der Waals surface area contributed by atoms with E-state index in [0.717, 1.165) is 46.1 Å². The Labute approximate surface area is 169 Å². The quantitative estimate of drug-likeness (QED) is 0.699. The lowest BCUT2D eigenvalue weighted by atomic mass is 9.75. The van der Waals surface area contributed by atoms with Crippen molar-refractivity contribution in [1.29, 1.82) is 10.5 Å². The third-order valence-electron chi connectivity index (χ3n) is 4.89. The Bertz CT molecular complexity index is 1040. The molecule has 0 radical (unpaired) electrons. The van der Waals surface area contributed by atoms with E-state index in [1.807, 2.05) is 25.3 Å². The fourth-order valence-corrected chi connectivity index (χ4v) is 4.54. The van der Waals surface area contributed by atoms with E-state index in [0.29, 0.717) is 11.3 Å². The Morgan fingerprint density at radius 2 is 2.04 bits per heavy atom. The molecule has 3 rings (SSSR count). The van der Waals surface area contributed by atoms with Crippen molar-refractivity contribution in [2.75, 3.05) is 7.11 Å². The van der Waals surface area contributed by atoms with Gasteiger partial charge in [0, 0.05) is 39.5 Å². The second-order valence-electron chi connectivity index (χ2n) is 6.81. The van der Waals surface area contributed by atoms with Gasteiger partial charge in [0.05, 0.1) is 30.7 Å². The van der Waals surface area contributed by atoms with Crippen LogP contribution in [0.15, 0.2) is 34.3 Å². The largest absolute Gasteiger partial charge is 0.496 e. The van der Waals surface area contributed by atoms with Crippen molar-refractivity contribution in [2.24, 2.45) is 10.9 Å². The van der Waals surface area contributed by atoms with Gasteiger partial charge in [0.25, 0.3) is 0 Å². The van der Waals surface area contributed by atoms with Crippen LogP contribution in [0.3, 0.4) is 0 Å². The maximum absolute atomic E-state index is 9.98. The number of methoxy groups -OCH3 is 1. The van der Waals surface area contributed by atoms with E-state index >= 15 is 0 Å². The van der Waals surface area contributed by atoms with Crippen molar-refractivity contribution in [3.63, 3.8) is 0 Å². The van der Waals surface area contributed by atoms with Gasteiger partial charge >= 0.3 is 0 Å². The summed E-state index contributed by atoms with van der Waals surface area (Å²) in [7, 11) is 1.59. The first-order chi connectivity index (χ1) is 13.5. The molecule has 0 saturated carbocycles. The van der Waals surface area contributed by atoms with Gasteiger partial charge in [-0.05, 0) is 32.4 Å². The van der Waals surface area contributed by atoms with Crippen LogP contribution in [0.5, 0.6) is 5.75 Å². The summed E-state index contributed by atoms with van der Waals surface area (Å²) in [5.74, 6) is -0.0421. The van der Waals surface area contributed by atoms with Gasteiger partial charge in [-0.15, -0.1) is 11.3 Å². The van der Waals surface area contributed by atoms with Gasteiger partial charge in [-0.1, -0.05) is 19.4 Å². The minimum Gasteiger partial charge on any atom is -0.496 e. The molecule has 2 atom stereocenters. The summed E-state index contributed by atoms with van der Waals surface area (Å²) in [5, 5.41) is 22.1. The SMILES string of the molecule is CCCC1=C(c2nc(C)cs2)C(c2ccc(C#N)cc2OC)C(C#N)C(C)=N1. The second-order valence-corrected chi connectivity index (χ2v) is 7.67. The summed E-state index contributed by atoms with van der Waals surface area (Å²) in [6.07, 6.45) is 1.77. The molecule has 0 saturated heterocycles. The van der Waals surface area contributed by atoms with Crippen LogP contribution in [0.4, 0.5) is 0 Å². The maximum atomic E-state index is 9.98. The first kappa shape index (κ1) is 19.8. The molecule has 0 spiro atoms. The molecule has 2 heterocycles. The predicted molar refractivity (Wildman–Crippen MR) is 111 cm³/mol. The minimum atomic E-state index is -0.415. The first-order valence-electron chi connectivity index (χ1n) is 9.22. The van der Waals surface area contributed by atoms with E-state index in [1.165, 1.54) is 0 Å². The molecule has 5 nitrogen and oxygen atoms in total. The van der Waals surface area contributed by atoms with Gasteiger partial charge in [0.15, 0.2) is 0 Å². The topological polar surface area (TPSA) is 82.1 Å². The van der Waals surface area contributed by atoms with Crippen LogP contribution >= 0.6 is 11.3 Å². The van der Waals surface area contributed by atoms with Crippen LogP contribution in [0.1, 0.15) is 54.4 Å². The molecule has 1 aliphatic heterocycles. The van der Waals surface area contributed by atoms with E-state index in [2.05, 4.69) is 19.1 Å². The van der Waals surface area contributed by atoms with Crippen LogP contribution in [0.25, 0.3) is 5.57 Å². The average Bonchev–Trinajstić information content (AvgIpc) is 3.13. The summed E-state index contributed by atoms with van der Waals surface area (Å²) in [4.78, 5) is 9.52.